The summed E-state index contributed by atoms with van der Waals surface area (Å²) in [6, 6.07) is 7.21. The second-order valence-corrected chi connectivity index (χ2v) is 10.0. The van der Waals surface area contributed by atoms with E-state index in [9.17, 15) is 19.5 Å². The topological polar surface area (TPSA) is 150 Å². The first-order valence-corrected chi connectivity index (χ1v) is 13.0. The van der Waals surface area contributed by atoms with Gasteiger partial charge in [0.25, 0.3) is 11.8 Å². The van der Waals surface area contributed by atoms with Crippen LogP contribution < -0.4 is 15.4 Å². The molecule has 3 aromatic rings. The zero-order valence-corrected chi connectivity index (χ0v) is 23.2. The van der Waals surface area contributed by atoms with Crippen LogP contribution in [0, 0.1) is 19.8 Å². The molecule has 3 atom stereocenters. The van der Waals surface area contributed by atoms with Crippen LogP contribution in [0.3, 0.4) is 0 Å². The van der Waals surface area contributed by atoms with Gasteiger partial charge in [-0.2, -0.15) is 0 Å². The molecule has 12 heteroatoms. The van der Waals surface area contributed by atoms with Crippen molar-refractivity contribution < 1.29 is 28.8 Å². The molecule has 40 heavy (non-hydrogen) atoms. The third kappa shape index (κ3) is 6.23. The van der Waals surface area contributed by atoms with Gasteiger partial charge in [0.1, 0.15) is 23.2 Å². The predicted octanol–water partition coefficient (Wildman–Crippen LogP) is 3.32. The third-order valence-corrected chi connectivity index (χ3v) is 6.93. The van der Waals surface area contributed by atoms with Crippen LogP contribution in [-0.4, -0.2) is 81.8 Å². The average Bonchev–Trinajstić information content (AvgIpc) is 3.27. The van der Waals surface area contributed by atoms with Gasteiger partial charge >= 0.3 is 6.03 Å². The highest BCUT2D eigenvalue weighted by Gasteiger charge is 2.34. The van der Waals surface area contributed by atoms with E-state index in [2.05, 4.69) is 20.8 Å². The summed E-state index contributed by atoms with van der Waals surface area (Å²) < 4.78 is 11.5. The lowest BCUT2D eigenvalue weighted by atomic mass is 9.99. The molecule has 0 aliphatic carbocycles. The summed E-state index contributed by atoms with van der Waals surface area (Å²) in [5.74, 6) is -0.0433. The number of aromatic nitrogens is 2. The molecule has 4 rings (SSSR count). The second-order valence-electron chi connectivity index (χ2n) is 10.0. The van der Waals surface area contributed by atoms with E-state index in [1.807, 2.05) is 6.92 Å². The van der Waals surface area contributed by atoms with Gasteiger partial charge in [-0.3, -0.25) is 14.6 Å². The number of amides is 4. The van der Waals surface area contributed by atoms with Crippen molar-refractivity contribution in [2.24, 2.45) is 5.92 Å². The maximum absolute atomic E-state index is 13.6. The maximum Gasteiger partial charge on any atom is 0.321 e. The number of carbonyl (C=O) groups is 3. The van der Waals surface area contributed by atoms with Gasteiger partial charge in [-0.1, -0.05) is 12.1 Å². The van der Waals surface area contributed by atoms with Crippen molar-refractivity contribution in [1.29, 1.82) is 0 Å². The number of likely N-dealkylation sites (N-methyl/N-ethyl adjacent to an activating group) is 1. The summed E-state index contributed by atoms with van der Waals surface area (Å²) in [5.41, 5.74) is 2.17. The molecule has 1 aliphatic rings. The van der Waals surface area contributed by atoms with Crippen molar-refractivity contribution in [2.45, 2.75) is 39.8 Å². The fourth-order valence-corrected chi connectivity index (χ4v) is 4.44. The summed E-state index contributed by atoms with van der Waals surface area (Å²) in [5, 5.41) is 19.4. The Morgan fingerprint density at radius 1 is 1.20 bits per heavy atom. The normalized spacial score (nSPS) is 17.6. The van der Waals surface area contributed by atoms with Gasteiger partial charge in [0.2, 0.25) is 0 Å². The lowest BCUT2D eigenvalue weighted by molar-refractivity contribution is 0.0371. The SMILES string of the molecule is Cc1noc(C)c1NC(=O)N(C)C[C@@H]1Oc2ccc(NC(=O)c3ccncc3)cc2C(=O)N([C@H](C)CO)C[C@@H]1C. The van der Waals surface area contributed by atoms with Gasteiger partial charge in [-0.25, -0.2) is 4.79 Å². The van der Waals surface area contributed by atoms with Gasteiger partial charge in [-0.05, 0) is 51.1 Å². The molecule has 3 heterocycles. The zero-order chi connectivity index (χ0) is 29.0. The zero-order valence-electron chi connectivity index (χ0n) is 23.2. The molecule has 1 aromatic carbocycles. The van der Waals surface area contributed by atoms with E-state index in [4.69, 9.17) is 9.26 Å². The maximum atomic E-state index is 13.6. The predicted molar refractivity (Wildman–Crippen MR) is 147 cm³/mol. The molecule has 0 fully saturated rings. The number of nitrogens with one attached hydrogen (secondary N) is 2. The molecule has 0 unspecified atom stereocenters. The van der Waals surface area contributed by atoms with Crippen LogP contribution in [0.2, 0.25) is 0 Å². The Morgan fingerprint density at radius 2 is 1.93 bits per heavy atom. The Balaban J connectivity index is 1.59. The molecule has 1 aliphatic heterocycles. The van der Waals surface area contributed by atoms with Crippen LogP contribution >= 0.6 is 0 Å². The molecule has 0 radical (unpaired) electrons. The number of urea groups is 1. The first-order chi connectivity index (χ1) is 19.1. The van der Waals surface area contributed by atoms with E-state index < -0.39 is 12.1 Å². The number of hydrogen-bond donors (Lipinski definition) is 3. The fraction of sp³-hybridized carbons (Fsp3) is 0.393. The number of aryl methyl sites for hydroxylation is 2. The smallest absolute Gasteiger partial charge is 0.321 e. The molecule has 0 saturated carbocycles. The molecule has 3 N–H and O–H groups in total. The molecule has 4 amide bonds. The number of nitrogens with zero attached hydrogens (tertiary/aromatic N) is 4. The number of pyridine rings is 1. The molecular weight excluding hydrogens is 516 g/mol. The number of hydrogen-bond acceptors (Lipinski definition) is 8. The van der Waals surface area contributed by atoms with Crippen molar-refractivity contribution in [2.75, 3.05) is 37.4 Å². The summed E-state index contributed by atoms with van der Waals surface area (Å²) in [6.45, 7) is 7.43. The van der Waals surface area contributed by atoms with E-state index in [0.717, 1.165) is 0 Å². The third-order valence-electron chi connectivity index (χ3n) is 6.93. The number of anilines is 2. The Labute approximate surface area is 232 Å². The van der Waals surface area contributed by atoms with Crippen molar-refractivity contribution in [3.8, 4) is 5.75 Å². The highest BCUT2D eigenvalue weighted by atomic mass is 16.5. The monoisotopic (exact) mass is 550 g/mol. The van der Waals surface area contributed by atoms with Gasteiger partial charge in [-0.15, -0.1) is 0 Å². The van der Waals surface area contributed by atoms with Crippen LogP contribution in [0.15, 0.2) is 47.2 Å². The lowest BCUT2D eigenvalue weighted by Gasteiger charge is -2.38. The molecule has 2 aromatic heterocycles. The second kappa shape index (κ2) is 12.2. The summed E-state index contributed by atoms with van der Waals surface area (Å²) in [4.78, 5) is 46.3. The van der Waals surface area contributed by atoms with Crippen molar-refractivity contribution >= 4 is 29.2 Å². The van der Waals surface area contributed by atoms with E-state index in [1.165, 1.54) is 17.3 Å². The average molecular weight is 551 g/mol. The minimum absolute atomic E-state index is 0.188. The number of rotatable bonds is 7. The van der Waals surface area contributed by atoms with E-state index in [0.29, 0.717) is 34.1 Å². The minimum Gasteiger partial charge on any atom is -0.487 e. The van der Waals surface area contributed by atoms with Gasteiger partial charge < -0.3 is 34.8 Å². The van der Waals surface area contributed by atoms with Crippen LogP contribution in [-0.2, 0) is 0 Å². The van der Waals surface area contributed by atoms with Crippen LogP contribution in [0.25, 0.3) is 0 Å². The summed E-state index contributed by atoms with van der Waals surface area (Å²) in [6.07, 6.45) is 2.56. The molecule has 12 nitrogen and oxygen atoms in total. The van der Waals surface area contributed by atoms with Gasteiger partial charge in [0.15, 0.2) is 5.76 Å². The number of fused-ring (bicyclic) bond motifs is 1. The summed E-state index contributed by atoms with van der Waals surface area (Å²) >= 11 is 0. The fourth-order valence-electron chi connectivity index (χ4n) is 4.44. The van der Waals surface area contributed by atoms with Gasteiger partial charge in [0, 0.05) is 43.2 Å². The van der Waals surface area contributed by atoms with Crippen LogP contribution in [0.4, 0.5) is 16.2 Å². The number of ether oxygens (including phenoxy) is 1. The summed E-state index contributed by atoms with van der Waals surface area (Å²) in [7, 11) is 1.65. The highest BCUT2D eigenvalue weighted by Crippen LogP contribution is 2.31. The standard InChI is InChI=1S/C28H34N6O6/c1-16-13-34(17(2)15-35)27(37)22-12-21(30-26(36)20-8-10-29-11-9-20)6-7-23(22)39-24(16)14-33(5)28(38)31-25-18(3)32-40-19(25)4/h6-12,16-17,24,35H,13-15H2,1-5H3,(H,30,36)(H,31,38)/t16-,17+,24-/m0/s1. The van der Waals surface area contributed by atoms with E-state index in [1.54, 1.807) is 63.1 Å². The number of aliphatic hydroxyl groups is 1. The lowest BCUT2D eigenvalue weighted by Crippen LogP contribution is -2.50. The Bertz CT molecular complexity index is 1360. The first-order valence-electron chi connectivity index (χ1n) is 13.0. The highest BCUT2D eigenvalue weighted by molar-refractivity contribution is 6.05. The van der Waals surface area contributed by atoms with Crippen molar-refractivity contribution in [1.82, 2.24) is 19.9 Å². The van der Waals surface area contributed by atoms with Gasteiger partial charge in [0.05, 0.1) is 24.8 Å². The number of benzene rings is 1. The van der Waals surface area contributed by atoms with Crippen molar-refractivity contribution in [3.63, 3.8) is 0 Å². The number of aliphatic hydroxyl groups excluding tert-OH is 1. The van der Waals surface area contributed by atoms with E-state index >= 15 is 0 Å². The van der Waals surface area contributed by atoms with Crippen molar-refractivity contribution in [3.05, 3.63) is 65.3 Å². The Kier molecular flexibility index (Phi) is 8.68. The number of carbonyl (C=O) groups excluding carboxylic acids is 3. The molecular formula is C28H34N6O6. The molecule has 0 saturated heterocycles. The molecule has 0 spiro atoms. The molecule has 0 bridgehead atoms. The van der Waals surface area contributed by atoms with Crippen LogP contribution in [0.5, 0.6) is 5.75 Å². The largest absolute Gasteiger partial charge is 0.487 e. The quantitative estimate of drug-likeness (QED) is 0.405. The minimum atomic E-state index is -0.488. The van der Waals surface area contributed by atoms with E-state index in [-0.39, 0.29) is 49.0 Å². The Hall–Kier alpha value is -4.45. The molecule has 212 valence electrons. The Morgan fingerprint density at radius 3 is 2.58 bits per heavy atom. The van der Waals surface area contributed by atoms with Crippen LogP contribution in [0.1, 0.15) is 46.0 Å². The first kappa shape index (κ1) is 28.6.